The highest BCUT2D eigenvalue weighted by atomic mass is 16.7. The van der Waals surface area contributed by atoms with Crippen LogP contribution in [-0.2, 0) is 14.4 Å². The largest absolute Gasteiger partial charge is 0.481 e. The monoisotopic (exact) mass is 250 g/mol. The smallest absolute Gasteiger partial charge is 0.305 e. The lowest BCUT2D eigenvalue weighted by Gasteiger charge is -2.20. The molecule has 6 nitrogen and oxygen atoms in total. The number of hydrogen-bond donors (Lipinski definition) is 2. The Morgan fingerprint density at radius 3 is 2.83 bits per heavy atom. The molecule has 1 aliphatic rings. The molecule has 0 aliphatic carbocycles. The Kier molecular flexibility index (Phi) is 3.59. The number of nitrogens with zero attached hydrogens (tertiary/aromatic N) is 1. The van der Waals surface area contributed by atoms with E-state index in [0.717, 1.165) is 0 Å². The molecule has 1 atom stereocenters. The normalized spacial score (nSPS) is 16.9. The first kappa shape index (κ1) is 12.5. The number of amides is 1. The van der Waals surface area contributed by atoms with Gasteiger partial charge in [0.05, 0.1) is 25.1 Å². The summed E-state index contributed by atoms with van der Waals surface area (Å²) in [4.78, 5) is 27.5. The van der Waals surface area contributed by atoms with E-state index >= 15 is 0 Å². The minimum Gasteiger partial charge on any atom is -0.481 e. The standard InChI is InChI=1S/C12H14N2O4/c13-9(7-12(16)17)8-3-1-2-4-10(8)14-11(15)5-6-18-14/h1-4,9H,5-7,13H2,(H,16,17). The maximum absolute atomic E-state index is 11.6. The molecule has 96 valence electrons. The second kappa shape index (κ2) is 5.16. The minimum absolute atomic E-state index is 0.148. The molecule has 1 aromatic carbocycles. The van der Waals surface area contributed by atoms with E-state index in [2.05, 4.69) is 0 Å². The van der Waals surface area contributed by atoms with Gasteiger partial charge in [-0.1, -0.05) is 18.2 Å². The first-order valence-electron chi connectivity index (χ1n) is 5.62. The van der Waals surface area contributed by atoms with E-state index in [1.807, 2.05) is 0 Å². The number of anilines is 1. The summed E-state index contributed by atoms with van der Waals surface area (Å²) < 4.78 is 0. The third-order valence-electron chi connectivity index (χ3n) is 2.71. The first-order valence-corrected chi connectivity index (χ1v) is 5.62. The second-order valence-corrected chi connectivity index (χ2v) is 4.03. The number of carboxylic acid groups (broad SMARTS) is 1. The maximum Gasteiger partial charge on any atom is 0.305 e. The van der Waals surface area contributed by atoms with Gasteiger partial charge in [0.2, 0.25) is 0 Å². The van der Waals surface area contributed by atoms with Gasteiger partial charge in [-0.05, 0) is 11.6 Å². The lowest BCUT2D eigenvalue weighted by Crippen LogP contribution is -2.26. The summed E-state index contributed by atoms with van der Waals surface area (Å²) in [5.41, 5.74) is 6.95. The number of nitrogens with two attached hydrogens (primary N) is 1. The third-order valence-corrected chi connectivity index (χ3v) is 2.71. The van der Waals surface area contributed by atoms with Crippen LogP contribution in [0.15, 0.2) is 24.3 Å². The molecule has 0 aromatic heterocycles. The summed E-state index contributed by atoms with van der Waals surface area (Å²) in [6.45, 7) is 0.335. The van der Waals surface area contributed by atoms with Gasteiger partial charge >= 0.3 is 5.97 Å². The summed E-state index contributed by atoms with van der Waals surface area (Å²) in [6, 6.07) is 6.23. The van der Waals surface area contributed by atoms with E-state index in [0.29, 0.717) is 24.3 Å². The molecule has 1 heterocycles. The van der Waals surface area contributed by atoms with Crippen molar-refractivity contribution in [1.29, 1.82) is 0 Å². The molecular formula is C12H14N2O4. The number of carbonyl (C=O) groups excluding carboxylic acids is 1. The van der Waals surface area contributed by atoms with Crippen LogP contribution in [0.1, 0.15) is 24.4 Å². The lowest BCUT2D eigenvalue weighted by atomic mass is 10.0. The lowest BCUT2D eigenvalue weighted by molar-refractivity contribution is -0.137. The van der Waals surface area contributed by atoms with E-state index in [4.69, 9.17) is 15.7 Å². The van der Waals surface area contributed by atoms with Crippen LogP contribution in [0, 0.1) is 0 Å². The Morgan fingerprint density at radius 1 is 1.50 bits per heavy atom. The predicted molar refractivity (Wildman–Crippen MR) is 63.7 cm³/mol. The van der Waals surface area contributed by atoms with E-state index in [-0.39, 0.29) is 12.3 Å². The molecule has 1 saturated heterocycles. The summed E-state index contributed by atoms with van der Waals surface area (Å²) in [6.07, 6.45) is 0.127. The van der Waals surface area contributed by atoms with Gasteiger partial charge in [-0.25, -0.2) is 0 Å². The molecule has 1 amide bonds. The highest BCUT2D eigenvalue weighted by molar-refractivity contribution is 5.93. The van der Waals surface area contributed by atoms with E-state index in [9.17, 15) is 9.59 Å². The first-order chi connectivity index (χ1) is 8.59. The van der Waals surface area contributed by atoms with Gasteiger partial charge in [0, 0.05) is 6.04 Å². The Morgan fingerprint density at radius 2 is 2.22 bits per heavy atom. The minimum atomic E-state index is -0.981. The number of carboxylic acids is 1. The van der Waals surface area contributed by atoms with Crippen LogP contribution in [0.4, 0.5) is 5.69 Å². The van der Waals surface area contributed by atoms with Crippen molar-refractivity contribution >= 4 is 17.6 Å². The van der Waals surface area contributed by atoms with Crippen molar-refractivity contribution < 1.29 is 19.5 Å². The molecule has 3 N–H and O–H groups in total. The highest BCUT2D eigenvalue weighted by Gasteiger charge is 2.27. The summed E-state index contributed by atoms with van der Waals surface area (Å²) in [5, 5.41) is 9.95. The molecule has 0 spiro atoms. The Balaban J connectivity index is 2.30. The van der Waals surface area contributed by atoms with Crippen molar-refractivity contribution in [2.75, 3.05) is 11.7 Å². The summed E-state index contributed by atoms with van der Waals surface area (Å²) in [5.74, 6) is -1.13. The number of benzene rings is 1. The van der Waals surface area contributed by atoms with Gasteiger partial charge in [0.15, 0.2) is 0 Å². The molecule has 0 radical (unpaired) electrons. The van der Waals surface area contributed by atoms with Crippen molar-refractivity contribution in [3.63, 3.8) is 0 Å². The molecule has 1 fully saturated rings. The Labute approximate surface area is 104 Å². The third kappa shape index (κ3) is 2.49. The fraction of sp³-hybridized carbons (Fsp3) is 0.333. The quantitative estimate of drug-likeness (QED) is 0.825. The fourth-order valence-corrected chi connectivity index (χ4v) is 1.89. The van der Waals surface area contributed by atoms with Crippen molar-refractivity contribution in [3.8, 4) is 0 Å². The van der Waals surface area contributed by atoms with Crippen LogP contribution < -0.4 is 10.8 Å². The van der Waals surface area contributed by atoms with Crippen LogP contribution in [0.3, 0.4) is 0 Å². The van der Waals surface area contributed by atoms with Crippen molar-refractivity contribution in [2.45, 2.75) is 18.9 Å². The SMILES string of the molecule is NC(CC(=O)O)c1ccccc1N1OCCC1=O. The topological polar surface area (TPSA) is 92.9 Å². The number of hydroxylamine groups is 1. The average Bonchev–Trinajstić information content (AvgIpc) is 2.74. The van der Waals surface area contributed by atoms with Crippen molar-refractivity contribution in [3.05, 3.63) is 29.8 Å². The van der Waals surface area contributed by atoms with Crippen molar-refractivity contribution in [2.24, 2.45) is 5.73 Å². The van der Waals surface area contributed by atoms with Crippen LogP contribution in [-0.4, -0.2) is 23.6 Å². The van der Waals surface area contributed by atoms with Gasteiger partial charge in [-0.3, -0.25) is 14.4 Å². The van der Waals surface area contributed by atoms with E-state index in [1.54, 1.807) is 24.3 Å². The van der Waals surface area contributed by atoms with Gasteiger partial charge in [-0.2, -0.15) is 5.06 Å². The maximum atomic E-state index is 11.6. The van der Waals surface area contributed by atoms with Crippen molar-refractivity contribution in [1.82, 2.24) is 0 Å². The number of aliphatic carboxylic acids is 1. The van der Waals surface area contributed by atoms with Gasteiger partial charge in [0.1, 0.15) is 0 Å². The number of hydrogen-bond acceptors (Lipinski definition) is 4. The molecule has 6 heteroatoms. The van der Waals surface area contributed by atoms with Crippen LogP contribution in [0.2, 0.25) is 0 Å². The van der Waals surface area contributed by atoms with Gasteiger partial charge in [-0.15, -0.1) is 0 Å². The Hall–Kier alpha value is -1.92. The zero-order chi connectivity index (χ0) is 13.1. The molecule has 18 heavy (non-hydrogen) atoms. The molecule has 1 unspecified atom stereocenters. The zero-order valence-corrected chi connectivity index (χ0v) is 9.70. The number of rotatable bonds is 4. The highest BCUT2D eigenvalue weighted by Crippen LogP contribution is 2.29. The molecule has 1 aromatic rings. The van der Waals surface area contributed by atoms with Crippen LogP contribution in [0.5, 0.6) is 0 Å². The predicted octanol–water partition coefficient (Wildman–Crippen LogP) is 0.829. The number of carbonyl (C=O) groups is 2. The fourth-order valence-electron chi connectivity index (χ4n) is 1.89. The molecule has 0 bridgehead atoms. The average molecular weight is 250 g/mol. The number of para-hydroxylation sites is 1. The van der Waals surface area contributed by atoms with E-state index < -0.39 is 12.0 Å². The zero-order valence-electron chi connectivity index (χ0n) is 9.70. The molecular weight excluding hydrogens is 236 g/mol. The second-order valence-electron chi connectivity index (χ2n) is 4.03. The molecule has 1 aliphatic heterocycles. The summed E-state index contributed by atoms with van der Waals surface area (Å²) >= 11 is 0. The van der Waals surface area contributed by atoms with Gasteiger partial charge < -0.3 is 10.8 Å². The van der Waals surface area contributed by atoms with Gasteiger partial charge in [0.25, 0.3) is 5.91 Å². The van der Waals surface area contributed by atoms with Crippen LogP contribution in [0.25, 0.3) is 0 Å². The Bertz CT molecular complexity index is 475. The molecule has 0 saturated carbocycles. The van der Waals surface area contributed by atoms with Crippen LogP contribution >= 0.6 is 0 Å². The summed E-state index contributed by atoms with van der Waals surface area (Å²) in [7, 11) is 0. The van der Waals surface area contributed by atoms with E-state index in [1.165, 1.54) is 5.06 Å². The molecule has 2 rings (SSSR count).